The zero-order valence-electron chi connectivity index (χ0n) is 25.9. The Morgan fingerprint density at radius 3 is 2.74 bits per heavy atom. The second kappa shape index (κ2) is 12.0. The summed E-state index contributed by atoms with van der Waals surface area (Å²) < 4.78 is 44.2. The molecule has 4 aromatic heterocycles. The first kappa shape index (κ1) is 30.6. The van der Waals surface area contributed by atoms with E-state index in [1.54, 1.807) is 23.0 Å². The summed E-state index contributed by atoms with van der Waals surface area (Å²) in [5.74, 6) is -1.93. The molecular weight excluding hydrogens is 626 g/mol. The number of nitrogens with zero attached hydrogens (tertiary/aromatic N) is 6. The summed E-state index contributed by atoms with van der Waals surface area (Å²) in [5, 5.41) is 7.51. The van der Waals surface area contributed by atoms with Crippen molar-refractivity contribution in [3.63, 3.8) is 0 Å². The molecule has 0 saturated heterocycles. The number of methoxy groups -OCH3 is 1. The number of pyridine rings is 2. The van der Waals surface area contributed by atoms with Gasteiger partial charge in [-0.05, 0) is 36.6 Å². The molecule has 240 valence electrons. The SMILES string of the molecule is C=CC(=O)N1Cc2cc(-c3nc(-c4cnc5c(c4)CN(C)C5=O)c4ccsc4c3-c3c(F)cc(F)cc3OCCOC)nn2CC1C. The van der Waals surface area contributed by atoms with Crippen molar-refractivity contribution >= 4 is 33.2 Å². The fourth-order valence-electron chi connectivity index (χ4n) is 6.21. The number of rotatable bonds is 8. The van der Waals surface area contributed by atoms with E-state index in [-0.39, 0.29) is 42.4 Å². The van der Waals surface area contributed by atoms with Crippen LogP contribution in [0.25, 0.3) is 43.9 Å². The van der Waals surface area contributed by atoms with Gasteiger partial charge in [0.05, 0.1) is 36.6 Å². The molecule has 0 radical (unpaired) electrons. The maximum atomic E-state index is 16.0. The molecule has 0 N–H and O–H groups in total. The monoisotopic (exact) mass is 656 g/mol. The quantitative estimate of drug-likeness (QED) is 0.156. The van der Waals surface area contributed by atoms with Crippen molar-refractivity contribution in [3.05, 3.63) is 83.1 Å². The first-order valence-corrected chi connectivity index (χ1v) is 15.8. The predicted molar refractivity (Wildman–Crippen MR) is 173 cm³/mol. The number of aromatic nitrogens is 4. The predicted octanol–water partition coefficient (Wildman–Crippen LogP) is 5.69. The summed E-state index contributed by atoms with van der Waals surface area (Å²) in [5.41, 5.74) is 4.44. The van der Waals surface area contributed by atoms with Crippen molar-refractivity contribution in [2.75, 3.05) is 27.4 Å². The van der Waals surface area contributed by atoms with Gasteiger partial charge in [-0.3, -0.25) is 19.3 Å². The van der Waals surface area contributed by atoms with Crippen LogP contribution in [0.1, 0.15) is 28.7 Å². The van der Waals surface area contributed by atoms with Gasteiger partial charge in [-0.2, -0.15) is 5.10 Å². The lowest BCUT2D eigenvalue weighted by molar-refractivity contribution is -0.129. The zero-order valence-corrected chi connectivity index (χ0v) is 26.7. The Morgan fingerprint density at radius 1 is 1.13 bits per heavy atom. The maximum absolute atomic E-state index is 16.0. The van der Waals surface area contributed by atoms with Gasteiger partial charge in [0, 0.05) is 71.9 Å². The highest BCUT2D eigenvalue weighted by Crippen LogP contribution is 2.47. The Hall–Kier alpha value is -5.01. The average Bonchev–Trinajstić information content (AvgIpc) is 3.77. The van der Waals surface area contributed by atoms with E-state index in [1.165, 1.54) is 24.5 Å². The summed E-state index contributed by atoms with van der Waals surface area (Å²) in [6, 6.07) is 7.48. The molecule has 7 rings (SSSR count). The lowest BCUT2D eigenvalue weighted by atomic mass is 9.96. The summed E-state index contributed by atoms with van der Waals surface area (Å²) in [4.78, 5) is 38.1. The number of benzene rings is 1. The molecule has 6 heterocycles. The number of hydrogen-bond acceptors (Lipinski definition) is 8. The first-order chi connectivity index (χ1) is 22.7. The molecule has 13 heteroatoms. The van der Waals surface area contributed by atoms with Crippen LogP contribution in [0.4, 0.5) is 8.78 Å². The number of halogens is 2. The van der Waals surface area contributed by atoms with Crippen molar-refractivity contribution in [1.29, 1.82) is 0 Å². The number of carbonyl (C=O) groups excluding carboxylic acids is 2. The van der Waals surface area contributed by atoms with Gasteiger partial charge in [0.15, 0.2) is 0 Å². The Labute approximate surface area is 272 Å². The largest absolute Gasteiger partial charge is 0.490 e. The third-order valence-corrected chi connectivity index (χ3v) is 9.42. The van der Waals surface area contributed by atoms with Crippen LogP contribution < -0.4 is 4.74 Å². The van der Waals surface area contributed by atoms with Gasteiger partial charge in [0.1, 0.15) is 41.1 Å². The minimum Gasteiger partial charge on any atom is -0.490 e. The minimum atomic E-state index is -0.816. The third kappa shape index (κ3) is 5.25. The molecule has 0 aliphatic carbocycles. The van der Waals surface area contributed by atoms with Crippen LogP contribution in [-0.2, 0) is 29.2 Å². The van der Waals surface area contributed by atoms with Crippen LogP contribution in [0, 0.1) is 11.6 Å². The maximum Gasteiger partial charge on any atom is 0.272 e. The van der Waals surface area contributed by atoms with E-state index in [4.69, 9.17) is 19.6 Å². The van der Waals surface area contributed by atoms with E-state index < -0.39 is 11.6 Å². The molecule has 2 aliphatic rings. The first-order valence-electron chi connectivity index (χ1n) is 15.0. The molecular formula is C34H30F2N6O4S. The van der Waals surface area contributed by atoms with Crippen LogP contribution >= 0.6 is 11.3 Å². The lowest BCUT2D eigenvalue weighted by Crippen LogP contribution is -2.44. The highest BCUT2D eigenvalue weighted by atomic mass is 32.1. The molecule has 1 atom stereocenters. The number of carbonyl (C=O) groups is 2. The second-order valence-corrected chi connectivity index (χ2v) is 12.5. The van der Waals surface area contributed by atoms with Gasteiger partial charge >= 0.3 is 0 Å². The van der Waals surface area contributed by atoms with Gasteiger partial charge in [-0.1, -0.05) is 6.58 Å². The molecule has 5 aromatic rings. The second-order valence-electron chi connectivity index (χ2n) is 11.6. The summed E-state index contributed by atoms with van der Waals surface area (Å²) in [6.45, 7) is 7.01. The number of fused-ring (bicyclic) bond motifs is 3. The van der Waals surface area contributed by atoms with E-state index in [9.17, 15) is 14.0 Å². The molecule has 47 heavy (non-hydrogen) atoms. The Bertz CT molecular complexity index is 2090. The fraction of sp³-hybridized carbons (Fsp3) is 0.265. The van der Waals surface area contributed by atoms with Crippen LogP contribution in [0.15, 0.2) is 54.6 Å². The van der Waals surface area contributed by atoms with Crippen molar-refractivity contribution in [2.24, 2.45) is 0 Å². The summed E-state index contributed by atoms with van der Waals surface area (Å²) in [6.07, 6.45) is 2.91. The van der Waals surface area contributed by atoms with Crippen LogP contribution in [-0.4, -0.2) is 74.8 Å². The molecule has 0 saturated carbocycles. The zero-order chi connectivity index (χ0) is 33.0. The van der Waals surface area contributed by atoms with Crippen molar-refractivity contribution in [1.82, 2.24) is 29.5 Å². The van der Waals surface area contributed by atoms with Crippen molar-refractivity contribution in [2.45, 2.75) is 32.6 Å². The van der Waals surface area contributed by atoms with E-state index >= 15 is 4.39 Å². The molecule has 2 aliphatic heterocycles. The Balaban J connectivity index is 1.48. The molecule has 0 bridgehead atoms. The average molecular weight is 657 g/mol. The standard InChI is InChI=1S/C34H30F2N6O4S/c1-5-27(43)41-17-22-13-25(39-42(22)15-18(41)2)32-29(28-24(36)11-21(35)12-26(28)46-8-7-45-4)33-23(6-9-47-33)30(38-32)19-10-20-16-40(3)34(44)31(20)37-14-19/h5-6,9-14,18H,1,7-8,15-17H2,2-4H3. The molecule has 0 spiro atoms. The van der Waals surface area contributed by atoms with Gasteiger partial charge < -0.3 is 19.3 Å². The van der Waals surface area contributed by atoms with Gasteiger partial charge in [-0.15, -0.1) is 11.3 Å². The Morgan fingerprint density at radius 2 is 1.96 bits per heavy atom. The van der Waals surface area contributed by atoms with Gasteiger partial charge in [0.2, 0.25) is 5.91 Å². The van der Waals surface area contributed by atoms with Crippen LogP contribution in [0.3, 0.4) is 0 Å². The van der Waals surface area contributed by atoms with Gasteiger partial charge in [0.25, 0.3) is 5.91 Å². The lowest BCUT2D eigenvalue weighted by Gasteiger charge is -2.33. The van der Waals surface area contributed by atoms with Crippen LogP contribution in [0.5, 0.6) is 5.75 Å². The molecule has 2 amide bonds. The van der Waals surface area contributed by atoms with E-state index in [0.717, 1.165) is 28.8 Å². The molecule has 10 nitrogen and oxygen atoms in total. The number of ether oxygens (including phenoxy) is 2. The number of hydrogen-bond donors (Lipinski definition) is 0. The number of amides is 2. The van der Waals surface area contributed by atoms with Gasteiger partial charge in [-0.25, -0.2) is 13.8 Å². The molecule has 0 fully saturated rings. The van der Waals surface area contributed by atoms with Crippen molar-refractivity contribution < 1.29 is 27.8 Å². The molecule has 1 unspecified atom stereocenters. The van der Waals surface area contributed by atoms with Crippen LogP contribution in [0.2, 0.25) is 0 Å². The highest BCUT2D eigenvalue weighted by Gasteiger charge is 2.31. The summed E-state index contributed by atoms with van der Waals surface area (Å²) in [7, 11) is 3.24. The fourth-order valence-corrected chi connectivity index (χ4v) is 7.16. The van der Waals surface area contributed by atoms with E-state index in [1.807, 2.05) is 35.2 Å². The highest BCUT2D eigenvalue weighted by molar-refractivity contribution is 7.18. The normalized spacial score (nSPS) is 15.7. The minimum absolute atomic E-state index is 0.00569. The topological polar surface area (TPSA) is 103 Å². The summed E-state index contributed by atoms with van der Waals surface area (Å²) >= 11 is 1.38. The smallest absolute Gasteiger partial charge is 0.272 e. The number of thiophene rings is 1. The van der Waals surface area contributed by atoms with E-state index in [2.05, 4.69) is 11.6 Å². The molecule has 1 aromatic carbocycles. The van der Waals surface area contributed by atoms with Crippen molar-refractivity contribution in [3.8, 4) is 39.5 Å². The third-order valence-electron chi connectivity index (χ3n) is 8.48. The van der Waals surface area contributed by atoms with E-state index in [0.29, 0.717) is 58.2 Å². The Kier molecular flexibility index (Phi) is 7.80.